The predicted octanol–water partition coefficient (Wildman–Crippen LogP) is 4.37. The van der Waals surface area contributed by atoms with Gasteiger partial charge in [0, 0.05) is 6.61 Å². The first-order chi connectivity index (χ1) is 13.1. The third-order valence-electron chi connectivity index (χ3n) is 3.12. The van der Waals surface area contributed by atoms with Gasteiger partial charge in [0.05, 0.1) is 13.2 Å². The Hall–Kier alpha value is -1.14. The van der Waals surface area contributed by atoms with Crippen LogP contribution in [0.25, 0.3) is 0 Å². The van der Waals surface area contributed by atoms with Gasteiger partial charge < -0.3 is 14.6 Å². The van der Waals surface area contributed by atoms with E-state index in [0.29, 0.717) is 0 Å². The molecule has 0 aliphatic carbocycles. The van der Waals surface area contributed by atoms with E-state index in [-0.39, 0.29) is 6.61 Å². The standard InChI is InChI=1S/C12H12F14O4/c1-2-28-3-4-29-6(13,5-27)30-12(25,26)10(20,21)8(16,17)7(14,15)9(18,19)11(22,23)24/h27H,2-5H2,1H3. The molecule has 1 atom stereocenters. The summed E-state index contributed by atoms with van der Waals surface area (Å²) in [7, 11) is 0. The first-order valence-corrected chi connectivity index (χ1v) is 7.25. The van der Waals surface area contributed by atoms with Gasteiger partial charge in [-0.1, -0.05) is 0 Å². The molecule has 0 aromatic rings. The van der Waals surface area contributed by atoms with E-state index in [2.05, 4.69) is 14.2 Å². The van der Waals surface area contributed by atoms with E-state index in [1.54, 1.807) is 0 Å². The van der Waals surface area contributed by atoms with Gasteiger partial charge in [-0.15, -0.1) is 0 Å². The molecule has 1 unspecified atom stereocenters. The van der Waals surface area contributed by atoms with E-state index in [9.17, 15) is 61.5 Å². The molecule has 182 valence electrons. The minimum atomic E-state index is -8.16. The maximum atomic E-state index is 13.8. The van der Waals surface area contributed by atoms with Crippen molar-refractivity contribution in [2.45, 2.75) is 48.9 Å². The van der Waals surface area contributed by atoms with Crippen molar-refractivity contribution in [3.8, 4) is 0 Å². The molecule has 0 amide bonds. The molecule has 0 fully saturated rings. The highest BCUT2D eigenvalue weighted by atomic mass is 19.4. The molecule has 30 heavy (non-hydrogen) atoms. The minimum Gasteiger partial charge on any atom is -0.388 e. The van der Waals surface area contributed by atoms with Crippen LogP contribution < -0.4 is 0 Å². The highest BCUT2D eigenvalue weighted by molar-refractivity contribution is 5.08. The maximum absolute atomic E-state index is 13.8. The number of hydrogen-bond acceptors (Lipinski definition) is 4. The summed E-state index contributed by atoms with van der Waals surface area (Å²) in [5.41, 5.74) is 0. The number of rotatable bonds is 12. The van der Waals surface area contributed by atoms with Crippen molar-refractivity contribution in [2.75, 3.05) is 26.4 Å². The first-order valence-electron chi connectivity index (χ1n) is 7.25. The molecule has 18 heteroatoms. The molecule has 0 aliphatic rings. The number of alkyl halides is 14. The number of halogens is 14. The van der Waals surface area contributed by atoms with Gasteiger partial charge in [0.1, 0.15) is 6.61 Å². The second-order valence-electron chi connectivity index (χ2n) is 5.28. The molecule has 0 aromatic carbocycles. The lowest BCUT2D eigenvalue weighted by atomic mass is 9.97. The van der Waals surface area contributed by atoms with Crippen LogP contribution in [-0.2, 0) is 14.2 Å². The zero-order valence-corrected chi connectivity index (χ0v) is 14.3. The fraction of sp³-hybridized carbons (Fsp3) is 1.00. The van der Waals surface area contributed by atoms with Crippen LogP contribution in [0.5, 0.6) is 0 Å². The van der Waals surface area contributed by atoms with Crippen LogP contribution in [0.2, 0.25) is 0 Å². The van der Waals surface area contributed by atoms with Crippen molar-refractivity contribution < 1.29 is 80.8 Å². The average Bonchev–Trinajstić information content (AvgIpc) is 2.56. The van der Waals surface area contributed by atoms with E-state index in [0.717, 1.165) is 0 Å². The summed E-state index contributed by atoms with van der Waals surface area (Å²) in [6.07, 6.45) is -14.8. The van der Waals surface area contributed by atoms with Gasteiger partial charge in [-0.05, 0) is 6.92 Å². The number of ether oxygens (including phenoxy) is 3. The Morgan fingerprint density at radius 1 is 0.633 bits per heavy atom. The SMILES string of the molecule is CCOCCOC(F)(CO)OC(F)(F)C(F)(F)C(F)(F)C(F)(F)C(F)(F)C(F)(F)F. The smallest absolute Gasteiger partial charge is 0.388 e. The molecular formula is C12H12F14O4. The average molecular weight is 486 g/mol. The molecule has 0 saturated heterocycles. The summed E-state index contributed by atoms with van der Waals surface area (Å²) in [6.45, 7) is -3.05. The molecule has 0 rings (SSSR count). The predicted molar refractivity (Wildman–Crippen MR) is 65.2 cm³/mol. The number of aliphatic hydroxyl groups is 1. The van der Waals surface area contributed by atoms with E-state index in [1.165, 1.54) is 6.92 Å². The Morgan fingerprint density at radius 2 is 1.07 bits per heavy atom. The van der Waals surface area contributed by atoms with Gasteiger partial charge in [-0.2, -0.15) is 61.5 Å². The normalized spacial score (nSPS) is 17.2. The fourth-order valence-corrected chi connectivity index (χ4v) is 1.52. The lowest BCUT2D eigenvalue weighted by Crippen LogP contribution is -2.71. The quantitative estimate of drug-likeness (QED) is 0.253. The Kier molecular flexibility index (Phi) is 8.44. The summed E-state index contributed by atoms with van der Waals surface area (Å²) in [5, 5.41) is 8.52. The molecule has 0 bridgehead atoms. The third kappa shape index (κ3) is 5.01. The maximum Gasteiger partial charge on any atom is 0.460 e. The van der Waals surface area contributed by atoms with Crippen molar-refractivity contribution in [3.63, 3.8) is 0 Å². The van der Waals surface area contributed by atoms with Crippen molar-refractivity contribution in [1.82, 2.24) is 0 Å². The van der Waals surface area contributed by atoms with E-state index >= 15 is 0 Å². The molecule has 4 nitrogen and oxygen atoms in total. The van der Waals surface area contributed by atoms with Crippen LogP contribution in [0.3, 0.4) is 0 Å². The Balaban J connectivity index is 5.99. The van der Waals surface area contributed by atoms with Gasteiger partial charge in [-0.3, -0.25) is 4.74 Å². The van der Waals surface area contributed by atoms with Gasteiger partial charge in [0.2, 0.25) is 0 Å². The lowest BCUT2D eigenvalue weighted by molar-refractivity contribution is -0.505. The minimum absolute atomic E-state index is 0.0917. The topological polar surface area (TPSA) is 47.9 Å². The van der Waals surface area contributed by atoms with Gasteiger partial charge >= 0.3 is 42.0 Å². The Labute approximate surface area is 157 Å². The molecule has 1 N–H and O–H groups in total. The third-order valence-corrected chi connectivity index (χ3v) is 3.12. The molecular weight excluding hydrogens is 474 g/mol. The second kappa shape index (κ2) is 8.78. The molecule has 0 saturated carbocycles. The molecule has 0 aliphatic heterocycles. The molecule has 0 radical (unpaired) electrons. The molecule has 0 spiro atoms. The highest BCUT2D eigenvalue weighted by Crippen LogP contribution is 2.60. The number of aliphatic hydroxyl groups excluding tert-OH is 1. The van der Waals surface area contributed by atoms with Crippen LogP contribution >= 0.6 is 0 Å². The van der Waals surface area contributed by atoms with Crippen molar-refractivity contribution in [3.05, 3.63) is 0 Å². The van der Waals surface area contributed by atoms with Crippen molar-refractivity contribution in [1.29, 1.82) is 0 Å². The summed E-state index contributed by atoms with van der Waals surface area (Å²) in [6, 6.07) is -4.80. The van der Waals surface area contributed by atoms with Gasteiger partial charge in [0.25, 0.3) is 0 Å². The van der Waals surface area contributed by atoms with Crippen LogP contribution in [0.1, 0.15) is 6.92 Å². The van der Waals surface area contributed by atoms with Crippen molar-refractivity contribution in [2.24, 2.45) is 0 Å². The molecule has 0 aromatic heterocycles. The Morgan fingerprint density at radius 3 is 1.43 bits per heavy atom. The zero-order chi connectivity index (χ0) is 24.4. The largest absolute Gasteiger partial charge is 0.460 e. The highest BCUT2D eigenvalue weighted by Gasteiger charge is 2.91. The Bertz CT molecular complexity index is 564. The first kappa shape index (κ1) is 28.9. The zero-order valence-electron chi connectivity index (χ0n) is 14.3. The van der Waals surface area contributed by atoms with Crippen molar-refractivity contribution >= 4 is 0 Å². The lowest BCUT2D eigenvalue weighted by Gasteiger charge is -2.40. The molecule has 0 heterocycles. The second-order valence-corrected chi connectivity index (χ2v) is 5.28. The van der Waals surface area contributed by atoms with Crippen LogP contribution in [-0.4, -0.2) is 73.5 Å². The monoisotopic (exact) mass is 486 g/mol. The number of hydrogen-bond donors (Lipinski definition) is 1. The van der Waals surface area contributed by atoms with E-state index in [1.807, 2.05) is 0 Å². The van der Waals surface area contributed by atoms with Gasteiger partial charge in [-0.25, -0.2) is 0 Å². The summed E-state index contributed by atoms with van der Waals surface area (Å²) >= 11 is 0. The van der Waals surface area contributed by atoms with Crippen LogP contribution in [0, 0.1) is 0 Å². The summed E-state index contributed by atoms with van der Waals surface area (Å²) in [4.78, 5) is 0. The summed E-state index contributed by atoms with van der Waals surface area (Å²) in [5.74, 6) is -32.1. The van der Waals surface area contributed by atoms with Gasteiger partial charge in [0.15, 0.2) is 0 Å². The fourth-order valence-electron chi connectivity index (χ4n) is 1.52. The van der Waals surface area contributed by atoms with Crippen LogP contribution in [0.4, 0.5) is 61.5 Å². The summed E-state index contributed by atoms with van der Waals surface area (Å²) < 4.78 is 192. The van der Waals surface area contributed by atoms with E-state index < -0.39 is 61.8 Å². The van der Waals surface area contributed by atoms with E-state index in [4.69, 9.17) is 5.11 Å². The van der Waals surface area contributed by atoms with Crippen LogP contribution in [0.15, 0.2) is 0 Å².